The van der Waals surface area contributed by atoms with Gasteiger partial charge < -0.3 is 20.0 Å². The van der Waals surface area contributed by atoms with Crippen molar-refractivity contribution in [2.24, 2.45) is 11.8 Å². The fourth-order valence-electron chi connectivity index (χ4n) is 4.69. The van der Waals surface area contributed by atoms with E-state index in [0.717, 1.165) is 51.8 Å². The van der Waals surface area contributed by atoms with Crippen LogP contribution in [-0.2, 0) is 4.79 Å². The van der Waals surface area contributed by atoms with E-state index in [4.69, 9.17) is 4.74 Å². The lowest BCUT2D eigenvalue weighted by molar-refractivity contribution is -0.146. The summed E-state index contributed by atoms with van der Waals surface area (Å²) in [6.45, 7) is 2.30. The maximum absolute atomic E-state index is 12.1. The Hall–Kier alpha value is -2.24. The highest BCUT2D eigenvalue weighted by molar-refractivity contribution is 8.01. The molecule has 1 unspecified atom stereocenters. The number of carboxylic acid groups (broad SMARTS) is 1. The number of hydrogen-bond acceptors (Lipinski definition) is 9. The minimum Gasteiger partial charge on any atom is -0.497 e. The quantitative estimate of drug-likeness (QED) is 0.261. The Bertz CT molecular complexity index is 1080. The molecule has 3 atom stereocenters. The van der Waals surface area contributed by atoms with Crippen molar-refractivity contribution in [1.29, 1.82) is 0 Å². The van der Waals surface area contributed by atoms with Crippen molar-refractivity contribution in [3.63, 3.8) is 0 Å². The molecular formula is C24H30N4O4S2. The van der Waals surface area contributed by atoms with Crippen molar-refractivity contribution in [1.82, 2.24) is 20.3 Å². The van der Waals surface area contributed by atoms with E-state index in [1.807, 2.05) is 29.6 Å². The van der Waals surface area contributed by atoms with Gasteiger partial charge >= 0.3 is 5.97 Å². The minimum absolute atomic E-state index is 0.0684. The zero-order valence-electron chi connectivity index (χ0n) is 19.1. The van der Waals surface area contributed by atoms with Crippen LogP contribution < -0.4 is 10.2 Å². The number of carboxylic acids is 1. The van der Waals surface area contributed by atoms with Crippen molar-refractivity contribution in [2.45, 2.75) is 29.6 Å². The maximum Gasteiger partial charge on any atom is 0.308 e. The lowest BCUT2D eigenvalue weighted by atomic mass is 9.81. The number of hydroxylamine groups is 1. The molecule has 3 N–H and O–H groups in total. The van der Waals surface area contributed by atoms with Gasteiger partial charge in [0.2, 0.25) is 0 Å². The normalized spacial score (nSPS) is 19.8. The van der Waals surface area contributed by atoms with Crippen LogP contribution in [0.5, 0.6) is 5.75 Å². The molecule has 0 spiro atoms. The summed E-state index contributed by atoms with van der Waals surface area (Å²) in [5.41, 5.74) is 4.20. The van der Waals surface area contributed by atoms with E-state index in [1.54, 1.807) is 42.6 Å². The number of thiazole rings is 1. The van der Waals surface area contributed by atoms with Crippen molar-refractivity contribution in [3.8, 4) is 5.75 Å². The zero-order chi connectivity index (χ0) is 23.9. The third-order valence-electron chi connectivity index (χ3n) is 6.54. The van der Waals surface area contributed by atoms with E-state index in [1.165, 1.54) is 0 Å². The van der Waals surface area contributed by atoms with Gasteiger partial charge in [-0.3, -0.25) is 9.78 Å². The number of hydrogen-bond donors (Lipinski definition) is 3. The Labute approximate surface area is 207 Å². The van der Waals surface area contributed by atoms with Crippen molar-refractivity contribution in [3.05, 3.63) is 47.6 Å². The topological polar surface area (TPSA) is 108 Å². The van der Waals surface area contributed by atoms with Crippen LogP contribution in [0.15, 0.2) is 46.4 Å². The first-order valence-corrected chi connectivity index (χ1v) is 13.2. The average molecular weight is 503 g/mol. The van der Waals surface area contributed by atoms with Gasteiger partial charge in [-0.1, -0.05) is 11.8 Å². The van der Waals surface area contributed by atoms with E-state index < -0.39 is 11.9 Å². The molecule has 0 radical (unpaired) electrons. The maximum atomic E-state index is 12.1. The smallest absolute Gasteiger partial charge is 0.308 e. The molecule has 3 aromatic rings. The standard InChI is InChI=1S/C24H30N4O4S2/c1-32-17-3-5-21-19(14-17)18(6-8-25-21)22(27-31)4-2-16-7-10-28(15-20(16)23(29)30)11-13-34-24-26-9-12-33-24/h3,5-6,8-9,12,14,16,20,22,27,31H,2,4,7,10-11,13,15H2,1H3,(H,29,30)/t16-,20+,22?/m1/s1. The number of pyridine rings is 1. The van der Waals surface area contributed by atoms with Crippen LogP contribution in [0.1, 0.15) is 30.9 Å². The SMILES string of the molecule is COc1ccc2nccc(C(CC[C@@H]3CCN(CCSc4nccs4)C[C@@H]3C(=O)O)NO)c2c1. The van der Waals surface area contributed by atoms with Gasteiger partial charge in [-0.25, -0.2) is 4.98 Å². The summed E-state index contributed by atoms with van der Waals surface area (Å²) < 4.78 is 6.41. The summed E-state index contributed by atoms with van der Waals surface area (Å²) >= 11 is 3.35. The average Bonchev–Trinajstić information content (AvgIpc) is 3.38. The second kappa shape index (κ2) is 11.9. The van der Waals surface area contributed by atoms with Gasteiger partial charge in [0, 0.05) is 42.0 Å². The Morgan fingerprint density at radius 3 is 2.97 bits per heavy atom. The molecule has 1 fully saturated rings. The first-order valence-electron chi connectivity index (χ1n) is 11.4. The first kappa shape index (κ1) is 24.9. The lowest BCUT2D eigenvalue weighted by Crippen LogP contribution is -2.44. The van der Waals surface area contributed by atoms with E-state index in [2.05, 4.69) is 20.3 Å². The van der Waals surface area contributed by atoms with Gasteiger partial charge in [0.25, 0.3) is 0 Å². The number of benzene rings is 1. The van der Waals surface area contributed by atoms with Gasteiger partial charge in [-0.05, 0) is 61.6 Å². The molecule has 10 heteroatoms. The van der Waals surface area contributed by atoms with Crippen LogP contribution in [0.2, 0.25) is 0 Å². The lowest BCUT2D eigenvalue weighted by Gasteiger charge is -2.37. The predicted octanol–water partition coefficient (Wildman–Crippen LogP) is 4.32. The number of ether oxygens (including phenoxy) is 1. The summed E-state index contributed by atoms with van der Waals surface area (Å²) in [4.78, 5) is 23.0. The molecule has 3 heterocycles. The fourth-order valence-corrected chi connectivity index (χ4v) is 6.40. The number of likely N-dealkylation sites (tertiary alicyclic amines) is 1. The van der Waals surface area contributed by atoms with Gasteiger partial charge in [0.1, 0.15) is 10.1 Å². The molecular weight excluding hydrogens is 472 g/mol. The molecule has 8 nitrogen and oxygen atoms in total. The second-order valence-electron chi connectivity index (χ2n) is 8.48. The molecule has 1 aliphatic heterocycles. The van der Waals surface area contributed by atoms with Crippen LogP contribution in [0.4, 0.5) is 0 Å². The van der Waals surface area contributed by atoms with Crippen molar-refractivity contribution >= 4 is 40.0 Å². The molecule has 4 rings (SSSR count). The van der Waals surface area contributed by atoms with Crippen LogP contribution in [0.3, 0.4) is 0 Å². The number of aromatic nitrogens is 2. The van der Waals surface area contributed by atoms with E-state index in [-0.39, 0.29) is 12.0 Å². The molecule has 0 saturated carbocycles. The van der Waals surface area contributed by atoms with Gasteiger partial charge in [-0.2, -0.15) is 5.48 Å². The number of piperidine rings is 1. The summed E-state index contributed by atoms with van der Waals surface area (Å²) in [6, 6.07) is 7.26. The number of rotatable bonds is 11. The number of thioether (sulfide) groups is 1. The summed E-state index contributed by atoms with van der Waals surface area (Å²) in [5, 5.41) is 22.7. The summed E-state index contributed by atoms with van der Waals surface area (Å²) in [7, 11) is 1.62. The van der Waals surface area contributed by atoms with Gasteiger partial charge in [0.05, 0.1) is 24.6 Å². The predicted molar refractivity (Wildman–Crippen MR) is 134 cm³/mol. The number of fused-ring (bicyclic) bond motifs is 1. The Morgan fingerprint density at radius 1 is 1.35 bits per heavy atom. The van der Waals surface area contributed by atoms with Crippen molar-refractivity contribution < 1.29 is 19.8 Å². The summed E-state index contributed by atoms with van der Waals surface area (Å²) in [6.07, 6.45) is 5.71. The monoisotopic (exact) mass is 502 g/mol. The number of nitrogens with zero attached hydrogens (tertiary/aromatic N) is 3. The number of methoxy groups -OCH3 is 1. The summed E-state index contributed by atoms with van der Waals surface area (Å²) in [5.74, 6) is 0.547. The molecule has 0 aliphatic carbocycles. The highest BCUT2D eigenvalue weighted by atomic mass is 32.2. The molecule has 1 aromatic carbocycles. The van der Waals surface area contributed by atoms with E-state index >= 15 is 0 Å². The van der Waals surface area contributed by atoms with Crippen LogP contribution >= 0.6 is 23.1 Å². The third kappa shape index (κ3) is 6.05. The minimum atomic E-state index is -0.741. The number of aliphatic carboxylic acids is 1. The van der Waals surface area contributed by atoms with Crippen LogP contribution in [0, 0.1) is 11.8 Å². The highest BCUT2D eigenvalue weighted by Gasteiger charge is 2.34. The van der Waals surface area contributed by atoms with E-state index in [9.17, 15) is 15.1 Å². The molecule has 0 bridgehead atoms. The second-order valence-corrected chi connectivity index (χ2v) is 10.7. The van der Waals surface area contributed by atoms with E-state index in [0.29, 0.717) is 19.4 Å². The van der Waals surface area contributed by atoms with Gasteiger partial charge in [0.15, 0.2) is 0 Å². The van der Waals surface area contributed by atoms with Crippen LogP contribution in [0.25, 0.3) is 10.9 Å². The number of nitrogens with one attached hydrogen (secondary N) is 1. The zero-order valence-corrected chi connectivity index (χ0v) is 20.7. The molecule has 0 amide bonds. The molecule has 34 heavy (non-hydrogen) atoms. The first-order chi connectivity index (χ1) is 16.6. The molecule has 1 saturated heterocycles. The molecule has 182 valence electrons. The Balaban J connectivity index is 1.38. The Morgan fingerprint density at radius 2 is 2.24 bits per heavy atom. The highest BCUT2D eigenvalue weighted by Crippen LogP contribution is 2.34. The van der Waals surface area contributed by atoms with Crippen molar-refractivity contribution in [2.75, 3.05) is 32.5 Å². The Kier molecular flexibility index (Phi) is 8.74. The molecule has 1 aliphatic rings. The molecule has 2 aromatic heterocycles. The third-order valence-corrected chi connectivity index (χ3v) is 8.49. The van der Waals surface area contributed by atoms with Crippen LogP contribution in [-0.4, -0.2) is 63.6 Å². The largest absolute Gasteiger partial charge is 0.497 e. The fraction of sp³-hybridized carbons (Fsp3) is 0.458. The van der Waals surface area contributed by atoms with Gasteiger partial charge in [-0.15, -0.1) is 11.3 Å². The number of carbonyl (C=O) groups is 1.